The molecule has 4 nitrogen and oxygen atoms in total. The molecule has 0 fully saturated rings. The first-order valence-corrected chi connectivity index (χ1v) is 4.64. The van der Waals surface area contributed by atoms with Gasteiger partial charge in [0.15, 0.2) is 0 Å². The highest BCUT2D eigenvalue weighted by Crippen LogP contribution is 1.90. The number of hydrogen-bond donors (Lipinski definition) is 1. The molecule has 1 N–H and O–H groups in total. The summed E-state index contributed by atoms with van der Waals surface area (Å²) >= 11 is 0. The Morgan fingerprint density at radius 2 is 2.07 bits per heavy atom. The maximum Gasteiger partial charge on any atom is 0.245 e. The van der Waals surface area contributed by atoms with E-state index in [9.17, 15) is 9.59 Å². The fraction of sp³-hybridized carbons (Fsp3) is 0.600. The summed E-state index contributed by atoms with van der Waals surface area (Å²) < 4.78 is 0. The minimum Gasteiger partial charge on any atom is -0.354 e. The average Bonchev–Trinajstić information content (AvgIpc) is 2.11. The number of hydrogen-bond acceptors (Lipinski definition) is 2. The Morgan fingerprint density at radius 3 is 2.50 bits per heavy atom. The summed E-state index contributed by atoms with van der Waals surface area (Å²) in [6, 6.07) is 0.142. The molecule has 0 unspecified atom stereocenters. The largest absolute Gasteiger partial charge is 0.354 e. The van der Waals surface area contributed by atoms with Crippen molar-refractivity contribution in [3.05, 3.63) is 12.7 Å². The van der Waals surface area contributed by atoms with Crippen molar-refractivity contribution in [3.8, 4) is 0 Å². The van der Waals surface area contributed by atoms with Crippen molar-refractivity contribution in [3.63, 3.8) is 0 Å². The predicted octanol–water partition coefficient (Wildman–Crippen LogP) is 0.545. The van der Waals surface area contributed by atoms with Gasteiger partial charge >= 0.3 is 0 Å². The Hall–Kier alpha value is -1.32. The molecule has 0 bridgehead atoms. The molecule has 0 aromatic heterocycles. The van der Waals surface area contributed by atoms with Crippen LogP contribution in [0.25, 0.3) is 0 Å². The van der Waals surface area contributed by atoms with Crippen molar-refractivity contribution < 1.29 is 9.59 Å². The minimum absolute atomic E-state index is 0.0382. The number of nitrogens with one attached hydrogen (secondary N) is 1. The molecule has 0 aliphatic heterocycles. The first kappa shape index (κ1) is 12.7. The average molecular weight is 198 g/mol. The molecule has 4 heteroatoms. The van der Waals surface area contributed by atoms with Gasteiger partial charge in [0.1, 0.15) is 0 Å². The van der Waals surface area contributed by atoms with Gasteiger partial charge in [0, 0.05) is 26.1 Å². The molecule has 0 atom stereocenters. The highest BCUT2D eigenvalue weighted by atomic mass is 16.2. The van der Waals surface area contributed by atoms with Crippen molar-refractivity contribution in [2.45, 2.75) is 26.3 Å². The molecule has 0 aliphatic carbocycles. The van der Waals surface area contributed by atoms with E-state index in [1.807, 2.05) is 13.8 Å². The predicted molar refractivity (Wildman–Crippen MR) is 55.7 cm³/mol. The fourth-order valence-corrected chi connectivity index (χ4v) is 0.929. The van der Waals surface area contributed by atoms with Crippen LogP contribution in [0.1, 0.15) is 20.3 Å². The molecule has 0 saturated heterocycles. The summed E-state index contributed by atoms with van der Waals surface area (Å²) in [5.41, 5.74) is 0. The third-order valence-corrected chi connectivity index (χ3v) is 1.67. The van der Waals surface area contributed by atoms with Crippen molar-refractivity contribution in [2.75, 3.05) is 13.6 Å². The standard InChI is InChI=1S/C10H18N2O2/c1-5-10(14)12(4)7-6-9(13)11-8(2)3/h5,8H,1,6-7H2,2-4H3,(H,11,13). The van der Waals surface area contributed by atoms with E-state index in [0.717, 1.165) is 0 Å². The molecule has 2 amide bonds. The summed E-state index contributed by atoms with van der Waals surface area (Å²) in [6.07, 6.45) is 1.56. The summed E-state index contributed by atoms with van der Waals surface area (Å²) in [6.45, 7) is 7.58. The number of nitrogens with zero attached hydrogens (tertiary/aromatic N) is 1. The molecule has 0 aliphatic rings. The molecule has 14 heavy (non-hydrogen) atoms. The molecule has 0 aromatic carbocycles. The van der Waals surface area contributed by atoms with Gasteiger partial charge in [-0.25, -0.2) is 0 Å². The number of rotatable bonds is 5. The monoisotopic (exact) mass is 198 g/mol. The molecule has 0 heterocycles. The van der Waals surface area contributed by atoms with Gasteiger partial charge in [-0.2, -0.15) is 0 Å². The van der Waals surface area contributed by atoms with E-state index in [-0.39, 0.29) is 17.9 Å². The zero-order chi connectivity index (χ0) is 11.1. The van der Waals surface area contributed by atoms with Crippen LogP contribution < -0.4 is 5.32 Å². The third-order valence-electron chi connectivity index (χ3n) is 1.67. The van der Waals surface area contributed by atoms with Crippen molar-refractivity contribution in [1.82, 2.24) is 10.2 Å². The van der Waals surface area contributed by atoms with Crippen LogP contribution in [0.15, 0.2) is 12.7 Å². The number of carbonyl (C=O) groups is 2. The van der Waals surface area contributed by atoms with Crippen LogP contribution in [0.2, 0.25) is 0 Å². The fourth-order valence-electron chi connectivity index (χ4n) is 0.929. The Balaban J connectivity index is 3.77. The van der Waals surface area contributed by atoms with Crippen LogP contribution in [0.5, 0.6) is 0 Å². The highest BCUT2D eigenvalue weighted by Gasteiger charge is 2.07. The summed E-state index contributed by atoms with van der Waals surface area (Å²) in [5, 5.41) is 2.75. The normalized spacial score (nSPS) is 9.71. The maximum absolute atomic E-state index is 11.2. The topological polar surface area (TPSA) is 49.4 Å². The molecule has 0 aromatic rings. The van der Waals surface area contributed by atoms with Gasteiger partial charge in [-0.1, -0.05) is 6.58 Å². The number of carbonyl (C=O) groups excluding carboxylic acids is 2. The summed E-state index contributed by atoms with van der Waals surface area (Å²) in [7, 11) is 1.65. The molecular formula is C10H18N2O2. The van der Waals surface area contributed by atoms with E-state index in [2.05, 4.69) is 11.9 Å². The highest BCUT2D eigenvalue weighted by molar-refractivity contribution is 5.87. The number of likely N-dealkylation sites (N-methyl/N-ethyl adjacent to an activating group) is 1. The third kappa shape index (κ3) is 5.35. The van der Waals surface area contributed by atoms with E-state index < -0.39 is 0 Å². The van der Waals surface area contributed by atoms with E-state index >= 15 is 0 Å². The Labute approximate surface area is 85.0 Å². The Morgan fingerprint density at radius 1 is 1.50 bits per heavy atom. The van der Waals surface area contributed by atoms with Crippen molar-refractivity contribution >= 4 is 11.8 Å². The lowest BCUT2D eigenvalue weighted by atomic mass is 10.3. The summed E-state index contributed by atoms with van der Waals surface area (Å²) in [5.74, 6) is -0.203. The maximum atomic E-state index is 11.2. The van der Waals surface area contributed by atoms with Crippen LogP contribution in [-0.4, -0.2) is 36.3 Å². The van der Waals surface area contributed by atoms with Crippen LogP contribution in [0, 0.1) is 0 Å². The van der Waals surface area contributed by atoms with Crippen LogP contribution >= 0.6 is 0 Å². The van der Waals surface area contributed by atoms with Gasteiger partial charge in [0.2, 0.25) is 11.8 Å². The van der Waals surface area contributed by atoms with Gasteiger partial charge in [-0.3, -0.25) is 9.59 Å². The minimum atomic E-state index is -0.164. The van der Waals surface area contributed by atoms with E-state index in [1.165, 1.54) is 11.0 Å². The molecular weight excluding hydrogens is 180 g/mol. The first-order chi connectivity index (χ1) is 6.47. The molecule has 0 spiro atoms. The zero-order valence-corrected chi connectivity index (χ0v) is 9.04. The molecule has 0 radical (unpaired) electrons. The van der Waals surface area contributed by atoms with Crippen molar-refractivity contribution in [1.29, 1.82) is 0 Å². The van der Waals surface area contributed by atoms with Gasteiger partial charge in [-0.05, 0) is 19.9 Å². The molecule has 80 valence electrons. The first-order valence-electron chi connectivity index (χ1n) is 4.64. The van der Waals surface area contributed by atoms with Crippen LogP contribution in [0.3, 0.4) is 0 Å². The lowest BCUT2D eigenvalue weighted by Crippen LogP contribution is -2.34. The van der Waals surface area contributed by atoms with E-state index in [1.54, 1.807) is 7.05 Å². The Kier molecular flexibility index (Phi) is 5.60. The lowest BCUT2D eigenvalue weighted by molar-refractivity contribution is -0.126. The van der Waals surface area contributed by atoms with E-state index in [0.29, 0.717) is 13.0 Å². The molecule has 0 saturated carbocycles. The van der Waals surface area contributed by atoms with Gasteiger partial charge in [0.25, 0.3) is 0 Å². The van der Waals surface area contributed by atoms with Crippen molar-refractivity contribution in [2.24, 2.45) is 0 Å². The van der Waals surface area contributed by atoms with E-state index in [4.69, 9.17) is 0 Å². The second kappa shape index (κ2) is 6.18. The second-order valence-corrected chi connectivity index (χ2v) is 3.44. The van der Waals surface area contributed by atoms with Crippen LogP contribution in [0.4, 0.5) is 0 Å². The second-order valence-electron chi connectivity index (χ2n) is 3.44. The Bertz CT molecular complexity index is 224. The zero-order valence-electron chi connectivity index (χ0n) is 9.04. The van der Waals surface area contributed by atoms with Gasteiger partial charge < -0.3 is 10.2 Å². The van der Waals surface area contributed by atoms with Gasteiger partial charge in [0.05, 0.1) is 0 Å². The number of amides is 2. The van der Waals surface area contributed by atoms with Gasteiger partial charge in [-0.15, -0.1) is 0 Å². The summed E-state index contributed by atoms with van der Waals surface area (Å²) in [4.78, 5) is 23.7. The quantitative estimate of drug-likeness (QED) is 0.656. The molecule has 0 rings (SSSR count). The smallest absolute Gasteiger partial charge is 0.245 e. The lowest BCUT2D eigenvalue weighted by Gasteiger charge is -2.15. The SMILES string of the molecule is C=CC(=O)N(C)CCC(=O)NC(C)C. The van der Waals surface area contributed by atoms with Crippen LogP contribution in [-0.2, 0) is 9.59 Å².